The summed E-state index contributed by atoms with van der Waals surface area (Å²) in [6, 6.07) is 9.68. The van der Waals surface area contributed by atoms with Gasteiger partial charge in [-0.05, 0) is 6.92 Å². The summed E-state index contributed by atoms with van der Waals surface area (Å²) in [5, 5.41) is 8.41. The van der Waals surface area contributed by atoms with E-state index >= 15 is 0 Å². The maximum Gasteiger partial charge on any atom is 0.242 e. The summed E-state index contributed by atoms with van der Waals surface area (Å²) in [5.41, 5.74) is 2.00. The van der Waals surface area contributed by atoms with Crippen molar-refractivity contribution in [2.45, 2.75) is 13.0 Å². The summed E-state index contributed by atoms with van der Waals surface area (Å²) in [6.07, 6.45) is 0. The Morgan fingerprint density at radius 3 is 2.72 bits per heavy atom. The number of carbonyl (C=O) groups is 1. The van der Waals surface area contributed by atoms with Gasteiger partial charge in [0.1, 0.15) is 6.04 Å². The molecule has 0 saturated heterocycles. The van der Waals surface area contributed by atoms with Gasteiger partial charge in [-0.1, -0.05) is 30.3 Å². The SMILES string of the molecule is CNC(=O)C(C)Nc1nc(-c2ccccc2)cs1. The summed E-state index contributed by atoms with van der Waals surface area (Å²) < 4.78 is 0. The summed E-state index contributed by atoms with van der Waals surface area (Å²) in [6.45, 7) is 1.81. The standard InChI is InChI=1S/C13H15N3OS/c1-9(12(17)14-2)15-13-16-11(8-18-13)10-6-4-3-5-7-10/h3-9H,1-2H3,(H,14,17)(H,15,16). The van der Waals surface area contributed by atoms with Crippen molar-refractivity contribution in [1.82, 2.24) is 10.3 Å². The Balaban J connectivity index is 2.09. The number of hydrogen-bond acceptors (Lipinski definition) is 4. The molecule has 2 aromatic rings. The topological polar surface area (TPSA) is 54.0 Å². The predicted molar refractivity (Wildman–Crippen MR) is 74.7 cm³/mol. The van der Waals surface area contributed by atoms with Crippen molar-refractivity contribution in [3.05, 3.63) is 35.7 Å². The second-order valence-corrected chi connectivity index (χ2v) is 4.74. The number of rotatable bonds is 4. The molecule has 1 atom stereocenters. The van der Waals surface area contributed by atoms with Crippen LogP contribution in [0.15, 0.2) is 35.7 Å². The molecule has 4 nitrogen and oxygen atoms in total. The van der Waals surface area contributed by atoms with Crippen LogP contribution in [-0.4, -0.2) is 24.0 Å². The van der Waals surface area contributed by atoms with Crippen molar-refractivity contribution in [1.29, 1.82) is 0 Å². The van der Waals surface area contributed by atoms with Gasteiger partial charge in [0.15, 0.2) is 5.13 Å². The van der Waals surface area contributed by atoms with Crippen LogP contribution >= 0.6 is 11.3 Å². The van der Waals surface area contributed by atoms with Gasteiger partial charge in [-0.3, -0.25) is 4.79 Å². The first-order chi connectivity index (χ1) is 8.70. The van der Waals surface area contributed by atoms with Crippen molar-refractivity contribution in [3.63, 3.8) is 0 Å². The van der Waals surface area contributed by atoms with E-state index in [4.69, 9.17) is 0 Å². The number of hydrogen-bond donors (Lipinski definition) is 2. The van der Waals surface area contributed by atoms with Crippen molar-refractivity contribution in [2.75, 3.05) is 12.4 Å². The molecule has 5 heteroatoms. The lowest BCUT2D eigenvalue weighted by molar-refractivity contribution is -0.121. The molecule has 0 aliphatic carbocycles. The van der Waals surface area contributed by atoms with Crippen LogP contribution in [0.4, 0.5) is 5.13 Å². The van der Waals surface area contributed by atoms with E-state index in [1.807, 2.05) is 42.6 Å². The minimum absolute atomic E-state index is 0.0496. The average Bonchev–Trinajstić information content (AvgIpc) is 2.87. The third kappa shape index (κ3) is 2.87. The first kappa shape index (κ1) is 12.6. The molecule has 2 rings (SSSR count). The highest BCUT2D eigenvalue weighted by atomic mass is 32.1. The fourth-order valence-electron chi connectivity index (χ4n) is 1.55. The van der Waals surface area contributed by atoms with Gasteiger partial charge in [0.2, 0.25) is 5.91 Å². The lowest BCUT2D eigenvalue weighted by atomic mass is 10.2. The van der Waals surface area contributed by atoms with E-state index in [1.54, 1.807) is 7.05 Å². The zero-order chi connectivity index (χ0) is 13.0. The molecular formula is C13H15N3OS. The fraction of sp³-hybridized carbons (Fsp3) is 0.231. The van der Waals surface area contributed by atoms with E-state index in [-0.39, 0.29) is 11.9 Å². The van der Waals surface area contributed by atoms with Crippen LogP contribution < -0.4 is 10.6 Å². The third-order valence-electron chi connectivity index (χ3n) is 2.55. The highest BCUT2D eigenvalue weighted by Crippen LogP contribution is 2.24. The minimum atomic E-state index is -0.287. The summed E-state index contributed by atoms with van der Waals surface area (Å²) >= 11 is 1.50. The summed E-state index contributed by atoms with van der Waals surface area (Å²) in [5.74, 6) is -0.0496. The monoisotopic (exact) mass is 261 g/mol. The van der Waals surface area contributed by atoms with Crippen LogP contribution in [0.2, 0.25) is 0 Å². The third-order valence-corrected chi connectivity index (χ3v) is 3.33. The number of anilines is 1. The molecule has 2 N–H and O–H groups in total. The zero-order valence-corrected chi connectivity index (χ0v) is 11.1. The number of nitrogens with zero attached hydrogens (tertiary/aromatic N) is 1. The fourth-order valence-corrected chi connectivity index (χ4v) is 2.36. The maximum absolute atomic E-state index is 11.4. The molecule has 1 amide bonds. The Labute approximate surface area is 110 Å². The molecule has 0 bridgehead atoms. The molecule has 0 spiro atoms. The van der Waals surface area contributed by atoms with Crippen molar-refractivity contribution in [3.8, 4) is 11.3 Å². The number of amides is 1. The lowest BCUT2D eigenvalue weighted by Crippen LogP contribution is -2.35. The number of likely N-dealkylation sites (N-methyl/N-ethyl adjacent to an activating group) is 1. The van der Waals surface area contributed by atoms with Gasteiger partial charge in [-0.2, -0.15) is 0 Å². The Morgan fingerprint density at radius 2 is 2.06 bits per heavy atom. The first-order valence-electron chi connectivity index (χ1n) is 5.70. The number of thiazole rings is 1. The minimum Gasteiger partial charge on any atom is -0.357 e. The highest BCUT2D eigenvalue weighted by molar-refractivity contribution is 7.14. The molecule has 1 aromatic heterocycles. The van der Waals surface area contributed by atoms with Crippen LogP contribution in [0.3, 0.4) is 0 Å². The Morgan fingerprint density at radius 1 is 1.33 bits per heavy atom. The lowest BCUT2D eigenvalue weighted by Gasteiger charge is -2.10. The molecule has 1 aromatic carbocycles. The highest BCUT2D eigenvalue weighted by Gasteiger charge is 2.12. The van der Waals surface area contributed by atoms with E-state index in [9.17, 15) is 4.79 Å². The van der Waals surface area contributed by atoms with Gasteiger partial charge in [0.05, 0.1) is 5.69 Å². The van der Waals surface area contributed by atoms with Gasteiger partial charge in [-0.25, -0.2) is 4.98 Å². The molecule has 1 unspecified atom stereocenters. The predicted octanol–water partition coefficient (Wildman–Crippen LogP) is 2.36. The maximum atomic E-state index is 11.4. The number of nitrogens with one attached hydrogen (secondary N) is 2. The van der Waals surface area contributed by atoms with Gasteiger partial charge in [-0.15, -0.1) is 11.3 Å². The van der Waals surface area contributed by atoms with Crippen LogP contribution in [0.5, 0.6) is 0 Å². The zero-order valence-electron chi connectivity index (χ0n) is 10.3. The van der Waals surface area contributed by atoms with Crippen molar-refractivity contribution >= 4 is 22.4 Å². The summed E-state index contributed by atoms with van der Waals surface area (Å²) in [4.78, 5) is 15.9. The molecule has 1 heterocycles. The number of benzene rings is 1. The van der Waals surface area contributed by atoms with Crippen LogP contribution in [0.25, 0.3) is 11.3 Å². The second-order valence-electron chi connectivity index (χ2n) is 3.88. The Kier molecular flexibility index (Phi) is 3.94. The number of carbonyl (C=O) groups excluding carboxylic acids is 1. The van der Waals surface area contributed by atoms with E-state index in [0.717, 1.165) is 16.4 Å². The summed E-state index contributed by atoms with van der Waals surface area (Å²) in [7, 11) is 1.62. The number of aromatic nitrogens is 1. The van der Waals surface area contributed by atoms with Crippen LogP contribution in [0.1, 0.15) is 6.92 Å². The molecule has 18 heavy (non-hydrogen) atoms. The average molecular weight is 261 g/mol. The van der Waals surface area contributed by atoms with Crippen LogP contribution in [0, 0.1) is 0 Å². The largest absolute Gasteiger partial charge is 0.357 e. The molecule has 0 fully saturated rings. The van der Waals surface area contributed by atoms with E-state index in [0.29, 0.717) is 0 Å². The Bertz CT molecular complexity index is 524. The van der Waals surface area contributed by atoms with E-state index in [2.05, 4.69) is 15.6 Å². The molecule has 0 aliphatic heterocycles. The second kappa shape index (κ2) is 5.64. The smallest absolute Gasteiger partial charge is 0.242 e. The molecule has 94 valence electrons. The van der Waals surface area contributed by atoms with Crippen molar-refractivity contribution in [2.24, 2.45) is 0 Å². The molecule has 0 aliphatic rings. The first-order valence-corrected chi connectivity index (χ1v) is 6.57. The normalized spacial score (nSPS) is 11.9. The van der Waals surface area contributed by atoms with Crippen molar-refractivity contribution < 1.29 is 4.79 Å². The molecule has 0 radical (unpaired) electrons. The molecule has 0 saturated carbocycles. The van der Waals surface area contributed by atoms with E-state index in [1.165, 1.54) is 11.3 Å². The van der Waals surface area contributed by atoms with Gasteiger partial charge >= 0.3 is 0 Å². The van der Waals surface area contributed by atoms with E-state index < -0.39 is 0 Å². The van der Waals surface area contributed by atoms with Gasteiger partial charge in [0, 0.05) is 18.0 Å². The molecular weight excluding hydrogens is 246 g/mol. The quantitative estimate of drug-likeness (QED) is 0.888. The van der Waals surface area contributed by atoms with Gasteiger partial charge < -0.3 is 10.6 Å². The van der Waals surface area contributed by atoms with Crippen LogP contribution in [-0.2, 0) is 4.79 Å². The Hall–Kier alpha value is -1.88. The van der Waals surface area contributed by atoms with Gasteiger partial charge in [0.25, 0.3) is 0 Å².